The molecule has 1 saturated heterocycles. The molecule has 1 heterocycles. The maximum absolute atomic E-state index is 12.1. The van der Waals surface area contributed by atoms with Crippen molar-refractivity contribution >= 4 is 14.4 Å². The Balaban J connectivity index is 2.59. The first kappa shape index (κ1) is 18.5. The van der Waals surface area contributed by atoms with Crippen molar-refractivity contribution in [3.8, 4) is 0 Å². The molecule has 21 heavy (non-hydrogen) atoms. The van der Waals surface area contributed by atoms with Crippen molar-refractivity contribution in [1.82, 2.24) is 4.90 Å². The zero-order valence-corrected chi connectivity index (χ0v) is 15.7. The Morgan fingerprint density at radius 1 is 1.14 bits per heavy atom. The molecule has 0 spiro atoms. The van der Waals surface area contributed by atoms with Gasteiger partial charge in [-0.3, -0.25) is 4.90 Å². The topological polar surface area (TPSA) is 58.8 Å². The molecule has 1 aliphatic heterocycles. The van der Waals surface area contributed by atoms with E-state index in [1.807, 2.05) is 20.8 Å². The smallest absolute Gasteiger partial charge is 0.411 e. The Hall–Kier alpha value is -0.593. The molecule has 1 aliphatic rings. The summed E-state index contributed by atoms with van der Waals surface area (Å²) >= 11 is 0. The third-order valence-corrected chi connectivity index (χ3v) is 8.78. The number of amides is 1. The molecule has 0 unspecified atom stereocenters. The molecule has 0 radical (unpaired) electrons. The highest BCUT2D eigenvalue weighted by atomic mass is 28.4. The number of hydrogen-bond donors (Lipinski definition) is 1. The summed E-state index contributed by atoms with van der Waals surface area (Å²) in [5, 5.41) is 9.52. The molecule has 0 aromatic rings. The summed E-state index contributed by atoms with van der Waals surface area (Å²) in [6.45, 7) is 16.8. The first-order valence-corrected chi connectivity index (χ1v) is 10.5. The molecule has 6 heteroatoms. The van der Waals surface area contributed by atoms with Gasteiger partial charge in [0.2, 0.25) is 0 Å². The van der Waals surface area contributed by atoms with E-state index in [1.54, 1.807) is 4.90 Å². The van der Waals surface area contributed by atoms with Crippen molar-refractivity contribution < 1.29 is 19.1 Å². The lowest BCUT2D eigenvalue weighted by molar-refractivity contribution is 0.0374. The molecule has 124 valence electrons. The van der Waals surface area contributed by atoms with E-state index in [0.29, 0.717) is 6.61 Å². The summed E-state index contributed by atoms with van der Waals surface area (Å²) in [5.41, 5.74) is -0.523. The Morgan fingerprint density at radius 3 is 2.05 bits per heavy atom. The van der Waals surface area contributed by atoms with Crippen LogP contribution in [0.3, 0.4) is 0 Å². The van der Waals surface area contributed by atoms with E-state index in [0.717, 1.165) is 0 Å². The summed E-state index contributed by atoms with van der Waals surface area (Å²) in [7, 11) is -1.84. The fourth-order valence-corrected chi connectivity index (χ4v) is 2.85. The van der Waals surface area contributed by atoms with E-state index in [4.69, 9.17) is 9.16 Å². The zero-order valence-electron chi connectivity index (χ0n) is 14.7. The fourth-order valence-electron chi connectivity index (χ4n) is 1.83. The van der Waals surface area contributed by atoms with Gasteiger partial charge >= 0.3 is 6.09 Å². The van der Waals surface area contributed by atoms with E-state index < -0.39 is 13.9 Å². The predicted octanol–water partition coefficient (Wildman–Crippen LogP) is 2.99. The molecular formula is C15H31NO4Si. The highest BCUT2D eigenvalue weighted by Gasteiger charge is 2.53. The highest BCUT2D eigenvalue weighted by molar-refractivity contribution is 6.74. The molecule has 2 atom stereocenters. The van der Waals surface area contributed by atoms with Crippen LogP contribution in [0.5, 0.6) is 0 Å². The van der Waals surface area contributed by atoms with Crippen LogP contribution in [0, 0.1) is 0 Å². The van der Waals surface area contributed by atoms with Gasteiger partial charge in [0, 0.05) is 0 Å². The third-order valence-electron chi connectivity index (χ3n) is 4.28. The van der Waals surface area contributed by atoms with Crippen LogP contribution in [-0.4, -0.2) is 55.3 Å². The van der Waals surface area contributed by atoms with Crippen molar-refractivity contribution in [3.63, 3.8) is 0 Å². The third kappa shape index (κ3) is 4.69. The predicted molar refractivity (Wildman–Crippen MR) is 85.9 cm³/mol. The van der Waals surface area contributed by atoms with Crippen molar-refractivity contribution in [2.75, 3.05) is 13.2 Å². The molecule has 0 aromatic carbocycles. The number of carbonyl (C=O) groups excluding carboxylic acids is 1. The van der Waals surface area contributed by atoms with Crippen molar-refractivity contribution in [3.05, 3.63) is 0 Å². The van der Waals surface area contributed by atoms with Crippen LogP contribution in [0.4, 0.5) is 4.79 Å². The lowest BCUT2D eigenvalue weighted by Gasteiger charge is -2.36. The number of carbonyl (C=O) groups is 1. The first-order chi connectivity index (χ1) is 9.30. The summed E-state index contributed by atoms with van der Waals surface area (Å²) < 4.78 is 11.5. The van der Waals surface area contributed by atoms with Gasteiger partial charge in [-0.25, -0.2) is 4.79 Å². The highest BCUT2D eigenvalue weighted by Crippen LogP contribution is 2.38. The summed E-state index contributed by atoms with van der Waals surface area (Å²) in [6.07, 6.45) is -0.370. The summed E-state index contributed by atoms with van der Waals surface area (Å²) in [4.78, 5) is 13.7. The molecular weight excluding hydrogens is 286 g/mol. The van der Waals surface area contributed by atoms with E-state index in [2.05, 4.69) is 33.9 Å². The van der Waals surface area contributed by atoms with Crippen molar-refractivity contribution in [2.24, 2.45) is 0 Å². The molecule has 1 rings (SSSR count). The van der Waals surface area contributed by atoms with Gasteiger partial charge in [-0.05, 0) is 38.9 Å². The average Bonchev–Trinajstić information content (AvgIpc) is 2.95. The van der Waals surface area contributed by atoms with E-state index in [9.17, 15) is 9.90 Å². The van der Waals surface area contributed by atoms with Crippen LogP contribution in [-0.2, 0) is 9.16 Å². The van der Waals surface area contributed by atoms with Gasteiger partial charge in [-0.15, -0.1) is 0 Å². The number of rotatable bonds is 4. The van der Waals surface area contributed by atoms with Gasteiger partial charge < -0.3 is 14.3 Å². The van der Waals surface area contributed by atoms with Crippen LogP contribution in [0.25, 0.3) is 0 Å². The Kier molecular flexibility index (Phi) is 5.18. The van der Waals surface area contributed by atoms with Crippen molar-refractivity contribution in [2.45, 2.75) is 77.4 Å². The van der Waals surface area contributed by atoms with Gasteiger partial charge in [0.1, 0.15) is 5.60 Å². The second kappa shape index (κ2) is 5.89. The normalized spacial score (nSPS) is 23.2. The minimum absolute atomic E-state index is 0.0508. The molecule has 0 bridgehead atoms. The minimum Gasteiger partial charge on any atom is -0.444 e. The molecule has 5 nitrogen and oxygen atoms in total. The number of ether oxygens (including phenoxy) is 1. The van der Waals surface area contributed by atoms with Crippen LogP contribution < -0.4 is 0 Å². The standard InChI is InChI=1S/C15H31NO4Si/c1-14(2,3)20-13(18)16-11(9-17)12(16)10-19-21(7,8)15(4,5)6/h11-12,17H,9-10H2,1-8H3/t11-,12+,16?/m1/s1. The number of aliphatic hydroxyl groups is 1. The van der Waals surface area contributed by atoms with E-state index >= 15 is 0 Å². The van der Waals surface area contributed by atoms with E-state index in [-0.39, 0.29) is 29.8 Å². The SMILES string of the molecule is CC(C)(C)OC(=O)N1[C@H](CO)[C@@H]1CO[Si](C)(C)C(C)(C)C. The Bertz CT molecular complexity index is 384. The maximum atomic E-state index is 12.1. The Morgan fingerprint density at radius 2 is 1.67 bits per heavy atom. The maximum Gasteiger partial charge on any atom is 0.411 e. The fraction of sp³-hybridized carbons (Fsp3) is 0.933. The van der Waals surface area contributed by atoms with Gasteiger partial charge in [-0.2, -0.15) is 0 Å². The van der Waals surface area contributed by atoms with Gasteiger partial charge in [0.15, 0.2) is 8.32 Å². The van der Waals surface area contributed by atoms with Gasteiger partial charge in [0.05, 0.1) is 25.3 Å². The minimum atomic E-state index is -1.84. The molecule has 1 fully saturated rings. The lowest BCUT2D eigenvalue weighted by atomic mass is 10.2. The quantitative estimate of drug-likeness (QED) is 0.640. The number of hydrogen-bond acceptors (Lipinski definition) is 4. The van der Waals surface area contributed by atoms with Crippen LogP contribution in [0.2, 0.25) is 18.1 Å². The zero-order chi connectivity index (χ0) is 16.6. The molecule has 0 aliphatic carbocycles. The Labute approximate surface area is 129 Å². The lowest BCUT2D eigenvalue weighted by Crippen LogP contribution is -2.42. The monoisotopic (exact) mass is 317 g/mol. The van der Waals surface area contributed by atoms with Crippen LogP contribution >= 0.6 is 0 Å². The van der Waals surface area contributed by atoms with Crippen LogP contribution in [0.1, 0.15) is 41.5 Å². The molecule has 0 aromatic heterocycles. The van der Waals surface area contributed by atoms with Crippen molar-refractivity contribution in [1.29, 1.82) is 0 Å². The first-order valence-electron chi connectivity index (χ1n) is 7.56. The van der Waals surface area contributed by atoms with E-state index in [1.165, 1.54) is 0 Å². The van der Waals surface area contributed by atoms with Gasteiger partial charge in [0.25, 0.3) is 0 Å². The van der Waals surface area contributed by atoms with Crippen LogP contribution in [0.15, 0.2) is 0 Å². The molecule has 1 amide bonds. The number of aliphatic hydroxyl groups excluding tert-OH is 1. The second-order valence-electron chi connectivity index (χ2n) is 8.28. The number of nitrogens with zero attached hydrogens (tertiary/aromatic N) is 1. The largest absolute Gasteiger partial charge is 0.444 e. The second-order valence-corrected chi connectivity index (χ2v) is 13.1. The molecule has 1 N–H and O–H groups in total. The molecule has 0 saturated carbocycles. The summed E-state index contributed by atoms with van der Waals surface area (Å²) in [5.74, 6) is 0. The summed E-state index contributed by atoms with van der Waals surface area (Å²) in [6, 6.07) is -0.247. The van der Waals surface area contributed by atoms with Gasteiger partial charge in [-0.1, -0.05) is 20.8 Å². The average molecular weight is 318 g/mol.